The van der Waals surface area contributed by atoms with Gasteiger partial charge in [-0.15, -0.1) is 0 Å². The fourth-order valence-corrected chi connectivity index (χ4v) is 2.43. The van der Waals surface area contributed by atoms with E-state index in [1.807, 2.05) is 0 Å². The quantitative estimate of drug-likeness (QED) is 0.646. The Morgan fingerprint density at radius 3 is 2.50 bits per heavy atom. The van der Waals surface area contributed by atoms with Crippen LogP contribution in [0.5, 0.6) is 0 Å². The van der Waals surface area contributed by atoms with Crippen LogP contribution in [-0.2, 0) is 4.94 Å². The highest BCUT2D eigenvalue weighted by Crippen LogP contribution is 2.30. The predicted octanol–water partition coefficient (Wildman–Crippen LogP) is 1.90. The van der Waals surface area contributed by atoms with E-state index in [0.717, 1.165) is 19.0 Å². The number of nitrogens with zero attached hydrogens (tertiary/aromatic N) is 1. The van der Waals surface area contributed by atoms with Gasteiger partial charge in [0, 0.05) is 18.6 Å². The van der Waals surface area contributed by atoms with E-state index < -0.39 is 0 Å². The van der Waals surface area contributed by atoms with Gasteiger partial charge in [0.05, 0.1) is 0 Å². The summed E-state index contributed by atoms with van der Waals surface area (Å²) in [7, 11) is 0. The first-order chi connectivity index (χ1) is 5.92. The van der Waals surface area contributed by atoms with Crippen molar-refractivity contribution < 1.29 is 9.47 Å². The molecule has 12 heavy (non-hydrogen) atoms. The summed E-state index contributed by atoms with van der Waals surface area (Å²) in [5.74, 6) is 0. The maximum absolute atomic E-state index is 11.6. The molecule has 2 rings (SSSR count). The zero-order valence-corrected chi connectivity index (χ0v) is 7.34. The molecule has 1 heterocycles. The van der Waals surface area contributed by atoms with E-state index in [4.69, 9.17) is 0 Å². The van der Waals surface area contributed by atoms with Gasteiger partial charge in [0.25, 0.3) is 0 Å². The van der Waals surface area contributed by atoms with Gasteiger partial charge in [-0.1, -0.05) is 12.8 Å². The molecule has 0 aromatic carbocycles. The van der Waals surface area contributed by atoms with Gasteiger partial charge in [-0.2, -0.15) is 4.94 Å². The monoisotopic (exact) mass is 173 g/mol. The van der Waals surface area contributed by atoms with Crippen molar-refractivity contribution in [1.82, 2.24) is 4.90 Å². The molecule has 70 valence electrons. The minimum atomic E-state index is 0.274. The number of halogens is 1. The van der Waals surface area contributed by atoms with Gasteiger partial charge in [0.2, 0.25) is 0 Å². The Morgan fingerprint density at radius 1 is 1.25 bits per heavy atom. The van der Waals surface area contributed by atoms with Crippen molar-refractivity contribution in [3.05, 3.63) is 0 Å². The fraction of sp³-hybridized carbons (Fsp3) is 1.00. The molecule has 0 aromatic heterocycles. The SMILES string of the molecule is FOCC1CCN1C1CCCC1. The van der Waals surface area contributed by atoms with Gasteiger partial charge in [0.15, 0.2) is 0 Å². The summed E-state index contributed by atoms with van der Waals surface area (Å²) in [4.78, 5) is 6.10. The van der Waals surface area contributed by atoms with E-state index in [9.17, 15) is 4.53 Å². The summed E-state index contributed by atoms with van der Waals surface area (Å²) in [5, 5.41) is 0. The standard InChI is InChI=1S/C9H16FNO/c10-12-7-9-5-6-11(9)8-3-1-2-4-8/h8-9H,1-7H2. The fourth-order valence-electron chi connectivity index (χ4n) is 2.43. The van der Waals surface area contributed by atoms with Gasteiger partial charge >= 0.3 is 0 Å². The highest BCUT2D eigenvalue weighted by atomic mass is 19.3. The number of hydrogen-bond acceptors (Lipinski definition) is 2. The average Bonchev–Trinajstić information content (AvgIpc) is 2.51. The topological polar surface area (TPSA) is 12.5 Å². The highest BCUT2D eigenvalue weighted by Gasteiger charge is 2.35. The largest absolute Gasteiger partial charge is 0.295 e. The Hall–Kier alpha value is -0.150. The lowest BCUT2D eigenvalue weighted by Crippen LogP contribution is -2.54. The Balaban J connectivity index is 1.79. The summed E-state index contributed by atoms with van der Waals surface area (Å²) in [6.07, 6.45) is 6.43. The summed E-state index contributed by atoms with van der Waals surface area (Å²) in [6.45, 7) is 1.43. The first-order valence-electron chi connectivity index (χ1n) is 4.91. The molecule has 2 fully saturated rings. The van der Waals surface area contributed by atoms with E-state index in [1.165, 1.54) is 25.7 Å². The Bertz CT molecular complexity index is 147. The predicted molar refractivity (Wildman–Crippen MR) is 44.4 cm³/mol. The van der Waals surface area contributed by atoms with Gasteiger partial charge in [0.1, 0.15) is 6.61 Å². The van der Waals surface area contributed by atoms with Crippen LogP contribution in [-0.4, -0.2) is 30.1 Å². The number of hydrogen-bond donors (Lipinski definition) is 0. The van der Waals surface area contributed by atoms with Crippen molar-refractivity contribution in [2.24, 2.45) is 0 Å². The van der Waals surface area contributed by atoms with Gasteiger partial charge in [-0.3, -0.25) is 4.90 Å². The van der Waals surface area contributed by atoms with E-state index in [0.29, 0.717) is 6.04 Å². The van der Waals surface area contributed by atoms with Crippen LogP contribution >= 0.6 is 0 Å². The molecule has 1 saturated carbocycles. The zero-order chi connectivity index (χ0) is 8.39. The first-order valence-corrected chi connectivity index (χ1v) is 4.91. The van der Waals surface area contributed by atoms with Crippen molar-refractivity contribution in [3.63, 3.8) is 0 Å². The molecule has 3 heteroatoms. The molecule has 0 spiro atoms. The molecule has 1 atom stereocenters. The van der Waals surface area contributed by atoms with Gasteiger partial charge < -0.3 is 0 Å². The van der Waals surface area contributed by atoms with Crippen LogP contribution in [0, 0.1) is 0 Å². The molecule has 2 aliphatic rings. The number of rotatable bonds is 3. The maximum atomic E-state index is 11.6. The molecule has 0 N–H and O–H groups in total. The average molecular weight is 173 g/mol. The summed E-state index contributed by atoms with van der Waals surface area (Å²) < 4.78 is 11.6. The van der Waals surface area contributed by atoms with E-state index in [-0.39, 0.29) is 6.61 Å². The van der Waals surface area contributed by atoms with Gasteiger partial charge in [-0.05, 0) is 23.8 Å². The summed E-state index contributed by atoms with van der Waals surface area (Å²) in [6, 6.07) is 1.11. The molecule has 1 saturated heterocycles. The van der Waals surface area contributed by atoms with Crippen LogP contribution in [0.3, 0.4) is 0 Å². The van der Waals surface area contributed by atoms with Crippen molar-refractivity contribution >= 4 is 0 Å². The van der Waals surface area contributed by atoms with Crippen LogP contribution in [0.4, 0.5) is 4.53 Å². The molecular weight excluding hydrogens is 157 g/mol. The first kappa shape index (κ1) is 8.45. The zero-order valence-electron chi connectivity index (χ0n) is 7.34. The third-order valence-corrected chi connectivity index (χ3v) is 3.24. The normalized spacial score (nSPS) is 32.2. The molecule has 1 unspecified atom stereocenters. The highest BCUT2D eigenvalue weighted by molar-refractivity contribution is 4.89. The van der Waals surface area contributed by atoms with Crippen LogP contribution in [0.25, 0.3) is 0 Å². The Kier molecular flexibility index (Phi) is 2.61. The molecular formula is C9H16FNO. The van der Waals surface area contributed by atoms with Crippen LogP contribution in [0.1, 0.15) is 32.1 Å². The molecule has 1 aliphatic carbocycles. The molecule has 0 bridgehead atoms. The molecule has 0 radical (unpaired) electrons. The van der Waals surface area contributed by atoms with Crippen LogP contribution < -0.4 is 0 Å². The van der Waals surface area contributed by atoms with Crippen molar-refractivity contribution in [3.8, 4) is 0 Å². The summed E-state index contributed by atoms with van der Waals surface area (Å²) in [5.41, 5.74) is 0. The lowest BCUT2D eigenvalue weighted by molar-refractivity contribution is -0.165. The second-order valence-electron chi connectivity index (χ2n) is 3.89. The summed E-state index contributed by atoms with van der Waals surface area (Å²) >= 11 is 0. The van der Waals surface area contributed by atoms with Crippen molar-refractivity contribution in [1.29, 1.82) is 0 Å². The van der Waals surface area contributed by atoms with Crippen molar-refractivity contribution in [2.45, 2.75) is 44.2 Å². The molecule has 2 nitrogen and oxygen atoms in total. The third kappa shape index (κ3) is 1.48. The second-order valence-corrected chi connectivity index (χ2v) is 3.89. The van der Waals surface area contributed by atoms with E-state index in [1.54, 1.807) is 0 Å². The molecule has 1 aliphatic heterocycles. The third-order valence-electron chi connectivity index (χ3n) is 3.24. The van der Waals surface area contributed by atoms with E-state index in [2.05, 4.69) is 9.84 Å². The molecule has 0 amide bonds. The maximum Gasteiger partial charge on any atom is 0.103 e. The number of likely N-dealkylation sites (tertiary alicyclic amines) is 1. The van der Waals surface area contributed by atoms with Gasteiger partial charge in [-0.25, -0.2) is 0 Å². The Labute approximate surface area is 72.6 Å². The minimum absolute atomic E-state index is 0.274. The van der Waals surface area contributed by atoms with Crippen LogP contribution in [0.15, 0.2) is 0 Å². The second kappa shape index (κ2) is 3.71. The Morgan fingerprint density at radius 2 is 2.00 bits per heavy atom. The van der Waals surface area contributed by atoms with E-state index >= 15 is 0 Å². The van der Waals surface area contributed by atoms with Crippen LogP contribution in [0.2, 0.25) is 0 Å². The van der Waals surface area contributed by atoms with Crippen molar-refractivity contribution in [2.75, 3.05) is 13.2 Å². The minimum Gasteiger partial charge on any atom is -0.295 e. The molecule has 0 aromatic rings. The lowest BCUT2D eigenvalue weighted by atomic mass is 10.00. The smallest absolute Gasteiger partial charge is 0.103 e. The lowest BCUT2D eigenvalue weighted by Gasteiger charge is -2.44.